The van der Waals surface area contributed by atoms with Crippen molar-refractivity contribution in [3.63, 3.8) is 0 Å². The number of piperidine rings is 1. The number of amides is 3. The van der Waals surface area contributed by atoms with Crippen LogP contribution in [-0.2, 0) is 16.1 Å². The molecule has 5 fully saturated rings. The average molecular weight is 523 g/mol. The SMILES string of the molecule is O=C1CC[C@@H](N2Cc3c(SCCCCCCCCC45CC6CC(CC(C6)C4)C5)cccc3C2=O)C(=O)N1. The van der Waals surface area contributed by atoms with Crippen molar-refractivity contribution < 1.29 is 14.4 Å². The molecule has 6 aliphatic rings. The van der Waals surface area contributed by atoms with Gasteiger partial charge in [-0.1, -0.05) is 38.2 Å². The van der Waals surface area contributed by atoms with E-state index in [0.717, 1.165) is 39.4 Å². The molecular formula is C31H42N2O3S. The van der Waals surface area contributed by atoms with Gasteiger partial charge < -0.3 is 4.90 Å². The lowest BCUT2D eigenvalue weighted by atomic mass is 9.48. The number of unbranched alkanes of at least 4 members (excludes halogenated alkanes) is 5. The lowest BCUT2D eigenvalue weighted by Crippen LogP contribution is -2.52. The molecule has 0 unspecified atom stereocenters. The summed E-state index contributed by atoms with van der Waals surface area (Å²) < 4.78 is 0. The Morgan fingerprint density at radius 3 is 2.27 bits per heavy atom. The molecule has 4 aliphatic carbocycles. The molecule has 37 heavy (non-hydrogen) atoms. The molecule has 2 heterocycles. The highest BCUT2D eigenvalue weighted by Gasteiger charge is 2.50. The van der Waals surface area contributed by atoms with E-state index in [1.807, 2.05) is 23.9 Å². The fourth-order valence-corrected chi connectivity index (χ4v) is 9.87. The summed E-state index contributed by atoms with van der Waals surface area (Å²) in [5.41, 5.74) is 2.51. The fraction of sp³-hybridized carbons (Fsp3) is 0.710. The van der Waals surface area contributed by atoms with Crippen LogP contribution in [-0.4, -0.2) is 34.4 Å². The Labute approximate surface area is 225 Å². The molecule has 4 bridgehead atoms. The van der Waals surface area contributed by atoms with E-state index in [1.54, 1.807) is 43.4 Å². The molecule has 0 aromatic heterocycles. The third-order valence-electron chi connectivity index (χ3n) is 10.1. The second kappa shape index (κ2) is 10.7. The molecule has 1 saturated heterocycles. The number of nitrogens with one attached hydrogen (secondary N) is 1. The van der Waals surface area contributed by atoms with Crippen LogP contribution in [0, 0.1) is 23.2 Å². The van der Waals surface area contributed by atoms with Crippen molar-refractivity contribution in [2.45, 2.75) is 114 Å². The third-order valence-corrected chi connectivity index (χ3v) is 11.2. The van der Waals surface area contributed by atoms with Crippen LogP contribution < -0.4 is 5.32 Å². The highest BCUT2D eigenvalue weighted by Crippen LogP contribution is 2.61. The van der Waals surface area contributed by atoms with Gasteiger partial charge in [-0.05, 0) is 104 Å². The summed E-state index contributed by atoms with van der Waals surface area (Å²) in [4.78, 5) is 39.7. The fourth-order valence-electron chi connectivity index (χ4n) is 8.78. The van der Waals surface area contributed by atoms with Crippen molar-refractivity contribution in [3.8, 4) is 0 Å². The number of nitrogens with zero attached hydrogens (tertiary/aromatic N) is 1. The van der Waals surface area contributed by atoms with Crippen molar-refractivity contribution in [1.29, 1.82) is 0 Å². The highest BCUT2D eigenvalue weighted by molar-refractivity contribution is 7.99. The van der Waals surface area contributed by atoms with Crippen LogP contribution in [0.4, 0.5) is 0 Å². The predicted molar refractivity (Wildman–Crippen MR) is 146 cm³/mol. The van der Waals surface area contributed by atoms with Crippen molar-refractivity contribution in [3.05, 3.63) is 29.3 Å². The second-order valence-corrected chi connectivity index (χ2v) is 14.0. The van der Waals surface area contributed by atoms with Gasteiger partial charge in [0.1, 0.15) is 6.04 Å². The molecule has 5 nitrogen and oxygen atoms in total. The molecule has 2 aliphatic heterocycles. The van der Waals surface area contributed by atoms with Crippen LogP contribution in [0.15, 0.2) is 23.1 Å². The Balaban J connectivity index is 0.896. The molecule has 3 amide bonds. The number of fused-ring (bicyclic) bond motifs is 1. The van der Waals surface area contributed by atoms with E-state index in [4.69, 9.17) is 0 Å². The first-order chi connectivity index (χ1) is 18.0. The molecule has 0 spiro atoms. The van der Waals surface area contributed by atoms with Gasteiger partial charge in [0.05, 0.1) is 0 Å². The quantitative estimate of drug-likeness (QED) is 0.205. The van der Waals surface area contributed by atoms with Gasteiger partial charge in [0.15, 0.2) is 0 Å². The maximum atomic E-state index is 13.0. The van der Waals surface area contributed by atoms with E-state index < -0.39 is 6.04 Å². The van der Waals surface area contributed by atoms with Crippen LogP contribution in [0.3, 0.4) is 0 Å². The predicted octanol–water partition coefficient (Wildman–Crippen LogP) is 6.49. The van der Waals surface area contributed by atoms with Gasteiger partial charge in [0.2, 0.25) is 11.8 Å². The van der Waals surface area contributed by atoms with E-state index in [0.29, 0.717) is 24.9 Å². The number of benzene rings is 1. The molecule has 7 rings (SSSR count). The normalized spacial score (nSPS) is 32.2. The summed E-state index contributed by atoms with van der Waals surface area (Å²) in [5.74, 6) is 3.63. The molecular weight excluding hydrogens is 480 g/mol. The standard InChI is InChI=1S/C31H42N2O3S/c34-28-11-10-26(29(35)32-28)33-20-25-24(30(33)36)8-7-9-27(25)37-13-6-4-2-1-3-5-12-31-17-21-14-22(18-31)16-23(15-21)19-31/h7-9,21-23,26H,1-6,10-20H2,(H,32,34,35)/t21?,22?,23?,26-,31?/m1/s1. The minimum atomic E-state index is -0.543. The number of hydrogen-bond acceptors (Lipinski definition) is 4. The number of imide groups is 1. The first kappa shape index (κ1) is 25.5. The van der Waals surface area contributed by atoms with E-state index in [2.05, 4.69) is 11.4 Å². The van der Waals surface area contributed by atoms with Crippen molar-refractivity contribution in [2.24, 2.45) is 23.2 Å². The maximum absolute atomic E-state index is 13.0. The summed E-state index contributed by atoms with van der Waals surface area (Å²) in [6.45, 7) is 0.466. The molecule has 1 aromatic rings. The number of hydrogen-bond donors (Lipinski definition) is 1. The monoisotopic (exact) mass is 522 g/mol. The van der Waals surface area contributed by atoms with Gasteiger partial charge in [-0.25, -0.2) is 0 Å². The molecule has 200 valence electrons. The van der Waals surface area contributed by atoms with Crippen LogP contribution in [0.5, 0.6) is 0 Å². The average Bonchev–Trinajstić information content (AvgIpc) is 3.19. The van der Waals surface area contributed by atoms with Crippen molar-refractivity contribution in [2.75, 3.05) is 5.75 Å². The minimum absolute atomic E-state index is 0.0829. The summed E-state index contributed by atoms with van der Waals surface area (Å²) in [5, 5.41) is 2.39. The number of carbonyl (C=O) groups is 3. The summed E-state index contributed by atoms with van der Waals surface area (Å²) in [6.07, 6.45) is 19.5. The molecule has 0 radical (unpaired) electrons. The van der Waals surface area contributed by atoms with Crippen LogP contribution in [0.2, 0.25) is 0 Å². The van der Waals surface area contributed by atoms with E-state index >= 15 is 0 Å². The Hall–Kier alpha value is -1.82. The first-order valence-corrected chi connectivity index (χ1v) is 15.9. The van der Waals surface area contributed by atoms with E-state index in [9.17, 15) is 14.4 Å². The van der Waals surface area contributed by atoms with Crippen molar-refractivity contribution >= 4 is 29.5 Å². The molecule has 6 heteroatoms. The molecule has 4 saturated carbocycles. The Kier molecular flexibility index (Phi) is 7.39. The van der Waals surface area contributed by atoms with Crippen molar-refractivity contribution in [1.82, 2.24) is 10.2 Å². The first-order valence-electron chi connectivity index (χ1n) is 14.9. The van der Waals surface area contributed by atoms with Crippen LogP contribution in [0.1, 0.15) is 112 Å². The van der Waals surface area contributed by atoms with Crippen LogP contribution in [0.25, 0.3) is 0 Å². The van der Waals surface area contributed by atoms with E-state index in [-0.39, 0.29) is 17.7 Å². The smallest absolute Gasteiger partial charge is 0.255 e. The second-order valence-electron chi connectivity index (χ2n) is 12.8. The lowest BCUT2D eigenvalue weighted by molar-refractivity contribution is -0.136. The van der Waals surface area contributed by atoms with Gasteiger partial charge in [0, 0.05) is 23.4 Å². The maximum Gasteiger partial charge on any atom is 0.255 e. The van der Waals surface area contributed by atoms with Crippen LogP contribution >= 0.6 is 11.8 Å². The van der Waals surface area contributed by atoms with Gasteiger partial charge in [-0.3, -0.25) is 19.7 Å². The van der Waals surface area contributed by atoms with Gasteiger partial charge in [-0.2, -0.15) is 0 Å². The number of carbonyl (C=O) groups excluding carboxylic acids is 3. The van der Waals surface area contributed by atoms with Gasteiger partial charge in [0.25, 0.3) is 5.91 Å². The lowest BCUT2D eigenvalue weighted by Gasteiger charge is -2.57. The number of rotatable bonds is 11. The Morgan fingerprint density at radius 1 is 0.892 bits per heavy atom. The zero-order valence-corrected chi connectivity index (χ0v) is 23.0. The number of thioether (sulfide) groups is 1. The molecule has 1 aromatic carbocycles. The topological polar surface area (TPSA) is 66.5 Å². The highest BCUT2D eigenvalue weighted by atomic mass is 32.2. The summed E-state index contributed by atoms with van der Waals surface area (Å²) in [7, 11) is 0. The molecule has 1 N–H and O–H groups in total. The Bertz CT molecular complexity index is 1020. The summed E-state index contributed by atoms with van der Waals surface area (Å²) in [6, 6.07) is 5.39. The largest absolute Gasteiger partial charge is 0.322 e. The molecule has 1 atom stereocenters. The zero-order chi connectivity index (χ0) is 25.4. The van der Waals surface area contributed by atoms with Gasteiger partial charge in [-0.15, -0.1) is 11.8 Å². The summed E-state index contributed by atoms with van der Waals surface area (Å²) >= 11 is 1.84. The Morgan fingerprint density at radius 2 is 1.57 bits per heavy atom. The van der Waals surface area contributed by atoms with Gasteiger partial charge >= 0.3 is 0 Å². The minimum Gasteiger partial charge on any atom is -0.322 e. The zero-order valence-electron chi connectivity index (χ0n) is 22.1. The third kappa shape index (κ3) is 5.37. The van der Waals surface area contributed by atoms with E-state index in [1.165, 1.54) is 44.9 Å².